The number of nitrogens with zero attached hydrogens (tertiary/aromatic N) is 3. The number of pyridine rings is 1. The summed E-state index contributed by atoms with van der Waals surface area (Å²) in [5, 5.41) is 9.42. The number of Topliss-reactive ketones (excluding diaryl/α,β-unsaturated/α-hetero) is 1. The normalized spacial score (nSPS) is 16.7. The first-order valence-electron chi connectivity index (χ1n) is 12.9. The van der Waals surface area contributed by atoms with Gasteiger partial charge < -0.3 is 4.74 Å². The lowest BCUT2D eigenvalue weighted by Gasteiger charge is -2.16. The van der Waals surface area contributed by atoms with E-state index in [4.69, 9.17) is 9.72 Å². The van der Waals surface area contributed by atoms with Crippen LogP contribution in [0.2, 0.25) is 0 Å². The fraction of sp³-hybridized carbons (Fsp3) is 0.267. The van der Waals surface area contributed by atoms with Gasteiger partial charge in [-0.05, 0) is 85.8 Å². The largest absolute Gasteiger partial charge is 0.454 e. The topological polar surface area (TPSA) is 117 Å². The van der Waals surface area contributed by atoms with Crippen molar-refractivity contribution in [1.82, 2.24) is 4.98 Å². The predicted molar refractivity (Wildman–Crippen MR) is 144 cm³/mol. The number of carbonyl (C=O) groups excluding carboxylic acids is 4. The Kier molecular flexibility index (Phi) is 8.03. The summed E-state index contributed by atoms with van der Waals surface area (Å²) in [4.78, 5) is 56.4. The number of hydrogen-bond donors (Lipinski definition) is 0. The third-order valence-corrected chi connectivity index (χ3v) is 8.04. The van der Waals surface area contributed by atoms with Crippen molar-refractivity contribution in [2.45, 2.75) is 48.8 Å². The molecule has 1 atom stereocenters. The van der Waals surface area contributed by atoms with Crippen LogP contribution in [0.15, 0.2) is 59.6 Å². The number of ketones is 1. The standard InChI is InChI=1S/C30H24FN3O5S/c31-22-10-6-18(7-11-22)25(35)17-39-30(38)19-8-12-23(13-9-19)34-27(36)15-26(29(34)37)40-28-21(16-32)14-20-4-2-1-3-5-24(20)33-28/h6-14,26H,1-5,15,17H2. The average Bonchev–Trinajstić information content (AvgIpc) is 3.10. The summed E-state index contributed by atoms with van der Waals surface area (Å²) in [6.07, 6.45) is 4.86. The van der Waals surface area contributed by atoms with E-state index in [0.717, 1.165) is 72.2 Å². The third kappa shape index (κ3) is 5.80. The molecule has 2 aromatic carbocycles. The van der Waals surface area contributed by atoms with Crippen molar-refractivity contribution in [2.24, 2.45) is 0 Å². The third-order valence-electron chi connectivity index (χ3n) is 6.86. The molecule has 2 heterocycles. The molecule has 1 aromatic heterocycles. The second kappa shape index (κ2) is 11.8. The number of hydrogen-bond acceptors (Lipinski definition) is 8. The first-order chi connectivity index (χ1) is 19.3. The van der Waals surface area contributed by atoms with Crippen molar-refractivity contribution in [3.8, 4) is 6.07 Å². The van der Waals surface area contributed by atoms with Crippen LogP contribution in [0.1, 0.15) is 63.2 Å². The lowest BCUT2D eigenvalue weighted by atomic mass is 10.1. The Labute approximate surface area is 234 Å². The number of imide groups is 1. The number of halogens is 1. The zero-order valence-electron chi connectivity index (χ0n) is 21.4. The van der Waals surface area contributed by atoms with Gasteiger partial charge in [-0.3, -0.25) is 14.4 Å². The van der Waals surface area contributed by atoms with E-state index >= 15 is 0 Å². The molecule has 0 saturated carbocycles. The SMILES string of the molecule is N#Cc1cc2c(nc1SC1CC(=O)N(c3ccc(C(=O)OCC(=O)c4ccc(F)cc4)cc3)C1=O)CCCCC2. The summed E-state index contributed by atoms with van der Waals surface area (Å²) in [6, 6.07) is 14.7. The fourth-order valence-corrected chi connectivity index (χ4v) is 5.84. The fourth-order valence-electron chi connectivity index (χ4n) is 4.74. The van der Waals surface area contributed by atoms with E-state index in [9.17, 15) is 28.8 Å². The zero-order chi connectivity index (χ0) is 28.2. The van der Waals surface area contributed by atoms with Crippen LogP contribution in [0.25, 0.3) is 0 Å². The van der Waals surface area contributed by atoms with Crippen LogP contribution in [-0.4, -0.2) is 40.4 Å². The molecule has 1 saturated heterocycles. The minimum atomic E-state index is -0.757. The zero-order valence-corrected chi connectivity index (χ0v) is 22.2. The summed E-state index contributed by atoms with van der Waals surface area (Å²) in [5.74, 6) is -2.53. The summed E-state index contributed by atoms with van der Waals surface area (Å²) >= 11 is 1.14. The maximum absolute atomic E-state index is 13.2. The molecular formula is C30H24FN3O5S. The van der Waals surface area contributed by atoms with E-state index in [1.165, 1.54) is 36.4 Å². The molecule has 5 rings (SSSR count). The van der Waals surface area contributed by atoms with Crippen molar-refractivity contribution in [3.05, 3.63) is 88.4 Å². The number of benzene rings is 2. The van der Waals surface area contributed by atoms with Gasteiger partial charge in [0.25, 0.3) is 0 Å². The Morgan fingerprint density at radius 2 is 1.73 bits per heavy atom. The smallest absolute Gasteiger partial charge is 0.338 e. The highest BCUT2D eigenvalue weighted by atomic mass is 32.2. The van der Waals surface area contributed by atoms with Crippen molar-refractivity contribution < 1.29 is 28.3 Å². The second-order valence-corrected chi connectivity index (χ2v) is 10.7. The Bertz CT molecular complexity index is 1530. The van der Waals surface area contributed by atoms with E-state index in [2.05, 4.69) is 6.07 Å². The van der Waals surface area contributed by atoms with Crippen LogP contribution in [0.4, 0.5) is 10.1 Å². The molecule has 0 radical (unpaired) electrons. The number of carbonyl (C=O) groups is 4. The number of aromatic nitrogens is 1. The molecule has 1 aliphatic carbocycles. The predicted octanol–water partition coefficient (Wildman–Crippen LogP) is 4.83. The Hall–Kier alpha value is -4.36. The van der Waals surface area contributed by atoms with Crippen LogP contribution in [0.3, 0.4) is 0 Å². The number of thioether (sulfide) groups is 1. The van der Waals surface area contributed by atoms with Gasteiger partial charge in [0.05, 0.1) is 22.1 Å². The van der Waals surface area contributed by atoms with Gasteiger partial charge in [-0.15, -0.1) is 0 Å². The number of esters is 1. The molecule has 2 aliphatic rings. The molecule has 0 N–H and O–H groups in total. The molecule has 202 valence electrons. The molecule has 40 heavy (non-hydrogen) atoms. The van der Waals surface area contributed by atoms with Gasteiger partial charge in [0.2, 0.25) is 11.8 Å². The van der Waals surface area contributed by atoms with Gasteiger partial charge in [0, 0.05) is 17.7 Å². The lowest BCUT2D eigenvalue weighted by molar-refractivity contribution is -0.121. The number of nitriles is 1. The van der Waals surface area contributed by atoms with Gasteiger partial charge in [0.15, 0.2) is 12.4 Å². The van der Waals surface area contributed by atoms with Crippen molar-refractivity contribution in [1.29, 1.82) is 5.26 Å². The molecule has 1 fully saturated rings. The second-order valence-electron chi connectivity index (χ2n) is 9.55. The van der Waals surface area contributed by atoms with E-state index < -0.39 is 41.2 Å². The van der Waals surface area contributed by atoms with Gasteiger partial charge in [-0.1, -0.05) is 18.2 Å². The Balaban J connectivity index is 1.24. The first-order valence-corrected chi connectivity index (χ1v) is 13.7. The Morgan fingerprint density at radius 1 is 1.02 bits per heavy atom. The van der Waals surface area contributed by atoms with E-state index in [1.54, 1.807) is 0 Å². The van der Waals surface area contributed by atoms with Crippen LogP contribution >= 0.6 is 11.8 Å². The summed E-state index contributed by atoms with van der Waals surface area (Å²) in [7, 11) is 0. The highest BCUT2D eigenvalue weighted by Crippen LogP contribution is 2.36. The highest BCUT2D eigenvalue weighted by Gasteiger charge is 2.41. The number of aryl methyl sites for hydroxylation is 2. The van der Waals surface area contributed by atoms with E-state index in [0.29, 0.717) is 16.3 Å². The van der Waals surface area contributed by atoms with Crippen LogP contribution in [-0.2, 0) is 27.2 Å². The lowest BCUT2D eigenvalue weighted by Crippen LogP contribution is -2.31. The number of anilines is 1. The van der Waals surface area contributed by atoms with Gasteiger partial charge in [0.1, 0.15) is 16.9 Å². The number of rotatable bonds is 7. The molecular weight excluding hydrogens is 533 g/mol. The van der Waals surface area contributed by atoms with Crippen LogP contribution in [0, 0.1) is 17.1 Å². The quantitative estimate of drug-likeness (QED) is 0.176. The van der Waals surface area contributed by atoms with E-state index in [-0.39, 0.29) is 17.5 Å². The molecule has 1 aliphatic heterocycles. The van der Waals surface area contributed by atoms with E-state index in [1.807, 2.05) is 6.07 Å². The highest BCUT2D eigenvalue weighted by molar-refractivity contribution is 8.00. The van der Waals surface area contributed by atoms with Gasteiger partial charge >= 0.3 is 5.97 Å². The number of amides is 2. The monoisotopic (exact) mass is 557 g/mol. The number of ether oxygens (including phenoxy) is 1. The van der Waals surface area contributed by atoms with Crippen molar-refractivity contribution in [2.75, 3.05) is 11.5 Å². The van der Waals surface area contributed by atoms with Crippen LogP contribution < -0.4 is 4.90 Å². The Morgan fingerprint density at radius 3 is 2.45 bits per heavy atom. The molecule has 2 amide bonds. The van der Waals surface area contributed by atoms with Gasteiger partial charge in [-0.2, -0.15) is 5.26 Å². The summed E-state index contributed by atoms with van der Waals surface area (Å²) in [5.41, 5.74) is 3.08. The van der Waals surface area contributed by atoms with Crippen molar-refractivity contribution >= 4 is 41.0 Å². The summed E-state index contributed by atoms with van der Waals surface area (Å²) in [6.45, 7) is -0.518. The molecule has 10 heteroatoms. The summed E-state index contributed by atoms with van der Waals surface area (Å²) < 4.78 is 18.1. The number of fused-ring (bicyclic) bond motifs is 1. The minimum Gasteiger partial charge on any atom is -0.454 e. The average molecular weight is 558 g/mol. The molecule has 0 bridgehead atoms. The molecule has 0 spiro atoms. The molecule has 8 nitrogen and oxygen atoms in total. The first kappa shape index (κ1) is 27.2. The van der Waals surface area contributed by atoms with Gasteiger partial charge in [-0.25, -0.2) is 19.1 Å². The molecule has 1 unspecified atom stereocenters. The maximum Gasteiger partial charge on any atom is 0.338 e. The molecule has 3 aromatic rings. The minimum absolute atomic E-state index is 0.0393. The van der Waals surface area contributed by atoms with Crippen molar-refractivity contribution in [3.63, 3.8) is 0 Å². The van der Waals surface area contributed by atoms with Crippen LogP contribution in [0.5, 0.6) is 0 Å². The maximum atomic E-state index is 13.2.